The highest BCUT2D eigenvalue weighted by molar-refractivity contribution is 6.32. The topological polar surface area (TPSA) is 21.3 Å². The second-order valence-electron chi connectivity index (χ2n) is 3.28. The lowest BCUT2D eigenvalue weighted by molar-refractivity contribution is 0.213. The van der Waals surface area contributed by atoms with Gasteiger partial charge in [-0.05, 0) is 25.1 Å². The molecule has 0 unspecified atom stereocenters. The molecule has 4 heteroatoms. The standard InChI is InChI=1S/C10H11ClFNO/c11-8-2-1-3-9(12)10(8)14-7-4-5-13-6-7/h1-3,7,13H,4-6H2/t7-/m0/s1. The SMILES string of the molecule is Fc1cccc(Cl)c1O[C@H]1CCNC1. The van der Waals surface area contributed by atoms with Gasteiger partial charge in [0, 0.05) is 6.54 Å². The van der Waals surface area contributed by atoms with Crippen LogP contribution in [0.25, 0.3) is 0 Å². The predicted molar refractivity (Wildman–Crippen MR) is 53.3 cm³/mol. The molecule has 0 amide bonds. The number of hydrogen-bond acceptors (Lipinski definition) is 2. The summed E-state index contributed by atoms with van der Waals surface area (Å²) < 4.78 is 18.7. The molecule has 2 nitrogen and oxygen atoms in total. The first kappa shape index (κ1) is 9.74. The van der Waals surface area contributed by atoms with Crippen molar-refractivity contribution in [3.63, 3.8) is 0 Å². The second kappa shape index (κ2) is 4.15. The van der Waals surface area contributed by atoms with Gasteiger partial charge in [0.05, 0.1) is 5.02 Å². The summed E-state index contributed by atoms with van der Waals surface area (Å²) in [6.07, 6.45) is 0.925. The first-order chi connectivity index (χ1) is 6.77. The summed E-state index contributed by atoms with van der Waals surface area (Å²) in [5, 5.41) is 3.47. The monoisotopic (exact) mass is 215 g/mol. The number of ether oxygens (including phenoxy) is 1. The zero-order valence-electron chi connectivity index (χ0n) is 7.59. The Bertz CT molecular complexity index is 306. The molecule has 1 aromatic rings. The van der Waals surface area contributed by atoms with Gasteiger partial charge in [-0.1, -0.05) is 17.7 Å². The van der Waals surface area contributed by atoms with Crippen molar-refractivity contribution in [3.8, 4) is 5.75 Å². The molecule has 1 saturated heterocycles. The highest BCUT2D eigenvalue weighted by Crippen LogP contribution is 2.28. The summed E-state index contributed by atoms with van der Waals surface area (Å²) >= 11 is 5.82. The van der Waals surface area contributed by atoms with Crippen LogP contribution in [0.2, 0.25) is 5.02 Å². The molecule has 0 aliphatic carbocycles. The molecule has 1 aromatic carbocycles. The summed E-state index contributed by atoms with van der Waals surface area (Å²) in [6.45, 7) is 1.67. The zero-order chi connectivity index (χ0) is 9.97. The van der Waals surface area contributed by atoms with Gasteiger partial charge in [0.2, 0.25) is 0 Å². The zero-order valence-corrected chi connectivity index (χ0v) is 8.35. The average molecular weight is 216 g/mol. The number of benzene rings is 1. The molecule has 0 spiro atoms. The minimum absolute atomic E-state index is 0.0319. The minimum Gasteiger partial charge on any atom is -0.484 e. The highest BCUT2D eigenvalue weighted by Gasteiger charge is 2.19. The second-order valence-corrected chi connectivity index (χ2v) is 3.69. The van der Waals surface area contributed by atoms with Gasteiger partial charge >= 0.3 is 0 Å². The molecule has 2 rings (SSSR count). The van der Waals surface area contributed by atoms with E-state index in [2.05, 4.69) is 5.32 Å². The fourth-order valence-electron chi connectivity index (χ4n) is 1.49. The van der Waals surface area contributed by atoms with Crippen LogP contribution in [0, 0.1) is 5.82 Å². The summed E-state index contributed by atoms with van der Waals surface area (Å²) in [5.41, 5.74) is 0. The molecule has 1 heterocycles. The number of nitrogens with one attached hydrogen (secondary N) is 1. The van der Waals surface area contributed by atoms with Crippen molar-refractivity contribution in [2.24, 2.45) is 0 Å². The fourth-order valence-corrected chi connectivity index (χ4v) is 1.70. The van der Waals surface area contributed by atoms with Crippen molar-refractivity contribution in [2.75, 3.05) is 13.1 Å². The van der Waals surface area contributed by atoms with E-state index in [4.69, 9.17) is 16.3 Å². The van der Waals surface area contributed by atoms with Crippen LogP contribution in [0.3, 0.4) is 0 Å². The van der Waals surface area contributed by atoms with Crippen LogP contribution in [0.5, 0.6) is 5.75 Å². The molecule has 76 valence electrons. The molecule has 0 bridgehead atoms. The molecule has 1 N–H and O–H groups in total. The van der Waals surface area contributed by atoms with E-state index >= 15 is 0 Å². The average Bonchev–Trinajstić information content (AvgIpc) is 2.64. The Morgan fingerprint density at radius 2 is 2.36 bits per heavy atom. The van der Waals surface area contributed by atoms with Crippen molar-refractivity contribution in [1.29, 1.82) is 0 Å². The van der Waals surface area contributed by atoms with Gasteiger partial charge in [0.15, 0.2) is 11.6 Å². The lowest BCUT2D eigenvalue weighted by Crippen LogP contribution is -2.20. The van der Waals surface area contributed by atoms with Crippen LogP contribution in [-0.4, -0.2) is 19.2 Å². The van der Waals surface area contributed by atoms with Crippen molar-refractivity contribution in [2.45, 2.75) is 12.5 Å². The predicted octanol–water partition coefficient (Wildman–Crippen LogP) is 2.22. The quantitative estimate of drug-likeness (QED) is 0.817. The van der Waals surface area contributed by atoms with E-state index in [1.807, 2.05) is 0 Å². The van der Waals surface area contributed by atoms with Crippen molar-refractivity contribution >= 4 is 11.6 Å². The number of para-hydroxylation sites is 1. The lowest BCUT2D eigenvalue weighted by atomic mass is 10.3. The van der Waals surface area contributed by atoms with E-state index in [0.29, 0.717) is 5.02 Å². The Morgan fingerprint density at radius 1 is 1.50 bits per heavy atom. The molecule has 1 aliphatic heterocycles. The van der Waals surface area contributed by atoms with Gasteiger partial charge in [-0.25, -0.2) is 4.39 Å². The Balaban J connectivity index is 2.14. The van der Waals surface area contributed by atoms with E-state index in [1.54, 1.807) is 12.1 Å². The minimum atomic E-state index is -0.399. The summed E-state index contributed by atoms with van der Waals surface area (Å²) in [7, 11) is 0. The maximum absolute atomic E-state index is 13.3. The van der Waals surface area contributed by atoms with Crippen molar-refractivity contribution < 1.29 is 9.13 Å². The Morgan fingerprint density at radius 3 is 3.00 bits per heavy atom. The Labute approximate surface area is 87.0 Å². The van der Waals surface area contributed by atoms with Crippen LogP contribution in [-0.2, 0) is 0 Å². The van der Waals surface area contributed by atoms with E-state index in [0.717, 1.165) is 19.5 Å². The maximum Gasteiger partial charge on any atom is 0.173 e. The van der Waals surface area contributed by atoms with Crippen molar-refractivity contribution in [3.05, 3.63) is 29.0 Å². The van der Waals surface area contributed by atoms with Gasteiger partial charge in [0.1, 0.15) is 6.10 Å². The molecule has 1 atom stereocenters. The highest BCUT2D eigenvalue weighted by atomic mass is 35.5. The van der Waals surface area contributed by atoms with Gasteiger partial charge in [-0.15, -0.1) is 0 Å². The van der Waals surface area contributed by atoms with Crippen LogP contribution < -0.4 is 10.1 Å². The third-order valence-corrected chi connectivity index (χ3v) is 2.52. The molecule has 1 aliphatic rings. The van der Waals surface area contributed by atoms with Crippen molar-refractivity contribution in [1.82, 2.24) is 5.32 Å². The summed E-state index contributed by atoms with van der Waals surface area (Å²) in [4.78, 5) is 0. The van der Waals surface area contributed by atoms with Crippen LogP contribution >= 0.6 is 11.6 Å². The van der Waals surface area contributed by atoms with Crippen LogP contribution in [0.15, 0.2) is 18.2 Å². The molecule has 14 heavy (non-hydrogen) atoms. The third kappa shape index (κ3) is 1.99. The molecule has 0 radical (unpaired) electrons. The molecular formula is C10H11ClFNO. The van der Waals surface area contributed by atoms with E-state index in [-0.39, 0.29) is 11.9 Å². The lowest BCUT2D eigenvalue weighted by Gasteiger charge is -2.13. The largest absolute Gasteiger partial charge is 0.484 e. The van der Waals surface area contributed by atoms with Crippen LogP contribution in [0.4, 0.5) is 4.39 Å². The van der Waals surface area contributed by atoms with E-state index < -0.39 is 5.82 Å². The van der Waals surface area contributed by atoms with Gasteiger partial charge in [-0.2, -0.15) is 0 Å². The van der Waals surface area contributed by atoms with Gasteiger partial charge in [-0.3, -0.25) is 0 Å². The third-order valence-electron chi connectivity index (χ3n) is 2.22. The molecule has 1 fully saturated rings. The smallest absolute Gasteiger partial charge is 0.173 e. The number of hydrogen-bond donors (Lipinski definition) is 1. The first-order valence-electron chi connectivity index (χ1n) is 4.59. The number of halogens is 2. The van der Waals surface area contributed by atoms with E-state index in [9.17, 15) is 4.39 Å². The Hall–Kier alpha value is -0.800. The Kier molecular flexibility index (Phi) is 2.89. The first-order valence-corrected chi connectivity index (χ1v) is 4.96. The van der Waals surface area contributed by atoms with Gasteiger partial charge < -0.3 is 10.1 Å². The fraction of sp³-hybridized carbons (Fsp3) is 0.400. The molecule has 0 aromatic heterocycles. The van der Waals surface area contributed by atoms with Crippen LogP contribution in [0.1, 0.15) is 6.42 Å². The molecule has 0 saturated carbocycles. The normalized spacial score (nSPS) is 21.1. The maximum atomic E-state index is 13.3. The molecular weight excluding hydrogens is 205 g/mol. The summed E-state index contributed by atoms with van der Waals surface area (Å²) in [5.74, 6) is -0.229. The number of rotatable bonds is 2. The van der Waals surface area contributed by atoms with Gasteiger partial charge in [0.25, 0.3) is 0 Å². The summed E-state index contributed by atoms with van der Waals surface area (Å²) in [6, 6.07) is 4.55. The van der Waals surface area contributed by atoms with E-state index in [1.165, 1.54) is 6.07 Å².